The number of esters is 1. The molecule has 5 heteroatoms. The molecule has 4 nitrogen and oxygen atoms in total. The third-order valence-corrected chi connectivity index (χ3v) is 3.56. The Kier molecular flexibility index (Phi) is 4.07. The van der Waals surface area contributed by atoms with Crippen molar-refractivity contribution in [1.29, 1.82) is 0 Å². The van der Waals surface area contributed by atoms with Crippen LogP contribution in [0.3, 0.4) is 0 Å². The lowest BCUT2D eigenvalue weighted by atomic mass is 9.89. The zero-order valence-electron chi connectivity index (χ0n) is 10.4. The minimum atomic E-state index is -0.406. The van der Waals surface area contributed by atoms with Crippen molar-refractivity contribution in [3.8, 4) is 0 Å². The first-order chi connectivity index (χ1) is 8.56. The number of nitrogens with two attached hydrogens (primary N) is 1. The van der Waals surface area contributed by atoms with Crippen molar-refractivity contribution in [3.63, 3.8) is 0 Å². The van der Waals surface area contributed by atoms with Crippen molar-refractivity contribution in [2.45, 2.75) is 38.7 Å². The van der Waals surface area contributed by atoms with Gasteiger partial charge >= 0.3 is 5.97 Å². The van der Waals surface area contributed by atoms with Crippen LogP contribution in [0.5, 0.6) is 0 Å². The average molecular weight is 269 g/mol. The van der Waals surface area contributed by atoms with Crippen LogP contribution in [0.1, 0.15) is 43.0 Å². The van der Waals surface area contributed by atoms with Gasteiger partial charge in [-0.25, -0.2) is 9.78 Å². The number of aromatic nitrogens is 1. The zero-order chi connectivity index (χ0) is 13.1. The van der Waals surface area contributed by atoms with E-state index in [1.165, 1.54) is 12.3 Å². The quantitative estimate of drug-likeness (QED) is 0.661. The number of carbonyl (C=O) groups excluding carboxylic acids is 1. The molecule has 1 aliphatic carbocycles. The second-order valence-electron chi connectivity index (χ2n) is 4.88. The first-order valence-electron chi connectivity index (χ1n) is 6.18. The van der Waals surface area contributed by atoms with Crippen LogP contribution in [-0.2, 0) is 4.74 Å². The Balaban J connectivity index is 2.01. The molecule has 0 bridgehead atoms. The molecule has 0 amide bonds. The smallest absolute Gasteiger partial charge is 0.340 e. The molecule has 0 unspecified atom stereocenters. The van der Waals surface area contributed by atoms with E-state index in [1.54, 1.807) is 0 Å². The second kappa shape index (κ2) is 5.57. The van der Waals surface area contributed by atoms with Gasteiger partial charge < -0.3 is 10.5 Å². The summed E-state index contributed by atoms with van der Waals surface area (Å²) in [4.78, 5) is 15.8. The molecule has 0 atom stereocenters. The summed E-state index contributed by atoms with van der Waals surface area (Å²) in [5, 5.41) is 0.244. The normalized spacial score (nSPS) is 23.7. The van der Waals surface area contributed by atoms with Crippen molar-refractivity contribution in [2.75, 3.05) is 5.73 Å². The molecule has 18 heavy (non-hydrogen) atoms. The molecule has 1 fully saturated rings. The van der Waals surface area contributed by atoms with E-state index in [1.807, 2.05) is 0 Å². The molecule has 1 heterocycles. The van der Waals surface area contributed by atoms with Crippen LogP contribution in [0.15, 0.2) is 12.3 Å². The van der Waals surface area contributed by atoms with Gasteiger partial charge in [-0.2, -0.15) is 0 Å². The number of pyridine rings is 1. The maximum Gasteiger partial charge on any atom is 0.340 e. The van der Waals surface area contributed by atoms with Gasteiger partial charge in [0.1, 0.15) is 11.3 Å². The largest absolute Gasteiger partial charge is 0.459 e. The highest BCUT2D eigenvalue weighted by Crippen LogP contribution is 2.27. The molecule has 1 saturated carbocycles. The molecule has 1 aliphatic rings. The molecule has 0 aromatic carbocycles. The Hall–Kier alpha value is -1.29. The van der Waals surface area contributed by atoms with Crippen molar-refractivity contribution in [2.24, 2.45) is 5.92 Å². The molecular weight excluding hydrogens is 252 g/mol. The molecule has 0 aliphatic heterocycles. The van der Waals surface area contributed by atoms with E-state index < -0.39 is 5.97 Å². The van der Waals surface area contributed by atoms with Gasteiger partial charge in [-0.15, -0.1) is 0 Å². The van der Waals surface area contributed by atoms with Gasteiger partial charge in [-0.1, -0.05) is 18.5 Å². The predicted molar refractivity (Wildman–Crippen MR) is 70.5 cm³/mol. The summed E-state index contributed by atoms with van der Waals surface area (Å²) in [6, 6.07) is 1.45. The van der Waals surface area contributed by atoms with Crippen molar-refractivity contribution in [3.05, 3.63) is 23.0 Å². The molecular formula is C13H17ClN2O2. The van der Waals surface area contributed by atoms with Gasteiger partial charge in [0.2, 0.25) is 0 Å². The van der Waals surface area contributed by atoms with Gasteiger partial charge in [-0.05, 0) is 37.7 Å². The molecule has 2 N–H and O–H groups in total. The first kappa shape index (κ1) is 13.1. The summed E-state index contributed by atoms with van der Waals surface area (Å²) in [5.41, 5.74) is 6.29. The Morgan fingerprint density at radius 2 is 2.11 bits per heavy atom. The summed E-state index contributed by atoms with van der Waals surface area (Å²) in [6.45, 7) is 2.22. The van der Waals surface area contributed by atoms with Crippen LogP contribution in [-0.4, -0.2) is 17.1 Å². The molecule has 2 rings (SSSR count). The lowest BCUT2D eigenvalue weighted by Crippen LogP contribution is -2.24. The standard InChI is InChI=1S/C13H17ClN2O2/c1-8-2-4-9(5-3-8)18-13(17)10-6-12(14)16-7-11(10)15/h6-9H,2-5,15H2,1H3. The number of hydrogen-bond donors (Lipinski definition) is 1. The molecule has 98 valence electrons. The van der Waals surface area contributed by atoms with E-state index in [0.717, 1.165) is 31.6 Å². The van der Waals surface area contributed by atoms with Crippen molar-refractivity contribution >= 4 is 23.3 Å². The summed E-state index contributed by atoms with van der Waals surface area (Å²) >= 11 is 5.75. The van der Waals surface area contributed by atoms with Crippen LogP contribution < -0.4 is 5.73 Å². The van der Waals surface area contributed by atoms with Gasteiger partial charge in [0.15, 0.2) is 0 Å². The summed E-state index contributed by atoms with van der Waals surface area (Å²) in [7, 11) is 0. The lowest BCUT2D eigenvalue weighted by molar-refractivity contribution is 0.0175. The third-order valence-electron chi connectivity index (χ3n) is 3.36. The monoisotopic (exact) mass is 268 g/mol. The SMILES string of the molecule is CC1CCC(OC(=O)c2cc(Cl)ncc2N)CC1. The van der Waals surface area contributed by atoms with E-state index in [0.29, 0.717) is 11.3 Å². The number of rotatable bonds is 2. The number of ether oxygens (including phenoxy) is 1. The van der Waals surface area contributed by atoms with Gasteiger partial charge in [0.25, 0.3) is 0 Å². The van der Waals surface area contributed by atoms with Crippen molar-refractivity contribution in [1.82, 2.24) is 4.98 Å². The van der Waals surface area contributed by atoms with Crippen LogP contribution in [0.4, 0.5) is 5.69 Å². The Morgan fingerprint density at radius 3 is 2.78 bits per heavy atom. The number of nitrogen functional groups attached to an aromatic ring is 1. The summed E-state index contributed by atoms with van der Waals surface area (Å²) in [5.74, 6) is 0.316. The van der Waals surface area contributed by atoms with Gasteiger partial charge in [-0.3, -0.25) is 0 Å². The minimum Gasteiger partial charge on any atom is -0.459 e. The Morgan fingerprint density at radius 1 is 1.44 bits per heavy atom. The second-order valence-corrected chi connectivity index (χ2v) is 5.27. The van der Waals surface area contributed by atoms with Crippen molar-refractivity contribution < 1.29 is 9.53 Å². The van der Waals surface area contributed by atoms with Crippen LogP contribution in [0, 0.1) is 5.92 Å². The number of anilines is 1. The maximum absolute atomic E-state index is 12.0. The first-order valence-corrected chi connectivity index (χ1v) is 6.56. The number of carbonyl (C=O) groups is 1. The fourth-order valence-electron chi connectivity index (χ4n) is 2.18. The predicted octanol–water partition coefficient (Wildman–Crippen LogP) is 3.05. The minimum absolute atomic E-state index is 0.0000378. The van der Waals surface area contributed by atoms with E-state index in [9.17, 15) is 4.79 Å². The highest BCUT2D eigenvalue weighted by molar-refractivity contribution is 6.29. The van der Waals surface area contributed by atoms with Crippen LogP contribution >= 0.6 is 11.6 Å². The van der Waals surface area contributed by atoms with E-state index in [4.69, 9.17) is 22.1 Å². The Bertz CT molecular complexity index is 443. The average Bonchev–Trinajstić information content (AvgIpc) is 2.35. The van der Waals surface area contributed by atoms with E-state index in [-0.39, 0.29) is 11.3 Å². The molecule has 0 saturated heterocycles. The number of hydrogen-bond acceptors (Lipinski definition) is 4. The van der Waals surface area contributed by atoms with E-state index >= 15 is 0 Å². The Labute approximate surface area is 111 Å². The van der Waals surface area contributed by atoms with Gasteiger partial charge in [0.05, 0.1) is 17.4 Å². The van der Waals surface area contributed by atoms with Crippen LogP contribution in [0.2, 0.25) is 5.15 Å². The molecule has 1 aromatic rings. The zero-order valence-corrected chi connectivity index (χ0v) is 11.1. The fraction of sp³-hybridized carbons (Fsp3) is 0.538. The van der Waals surface area contributed by atoms with Gasteiger partial charge in [0, 0.05) is 0 Å². The lowest BCUT2D eigenvalue weighted by Gasteiger charge is -2.26. The highest BCUT2D eigenvalue weighted by atomic mass is 35.5. The maximum atomic E-state index is 12.0. The van der Waals surface area contributed by atoms with Crippen LogP contribution in [0.25, 0.3) is 0 Å². The topological polar surface area (TPSA) is 65.2 Å². The summed E-state index contributed by atoms with van der Waals surface area (Å²) < 4.78 is 5.46. The number of nitrogens with zero attached hydrogens (tertiary/aromatic N) is 1. The molecule has 0 spiro atoms. The number of halogens is 1. The van der Waals surface area contributed by atoms with E-state index in [2.05, 4.69) is 11.9 Å². The third kappa shape index (κ3) is 3.13. The summed E-state index contributed by atoms with van der Waals surface area (Å²) in [6.07, 6.45) is 5.42. The highest BCUT2D eigenvalue weighted by Gasteiger charge is 2.23. The molecule has 1 aromatic heterocycles. The molecule has 0 radical (unpaired) electrons. The fourth-order valence-corrected chi connectivity index (χ4v) is 2.34.